The van der Waals surface area contributed by atoms with E-state index in [1.807, 2.05) is 0 Å². The van der Waals surface area contributed by atoms with Crippen LogP contribution in [0.25, 0.3) is 208 Å². The minimum absolute atomic E-state index is 1.22. The average molecular weight is 1290 g/mol. The standard InChI is InChI=1S/C54H34.C48H30/c1-3-15-37(16-4-1)43-21-11-12-22-44(43)52-34-51(42-26-24-36-14-8-10-20-40(36)32-42)47-28-27-45-49(38-17-5-2-6-18-38)33-50(46-29-30-48(52)54(47)53(45)46)41-25-23-35-13-7-9-19-39(35)31-41;1-3-13-33(14-4-1)43-29-45(36-23-22-31-12-7-8-18-35(31)28-36)41-25-24-40-44(34-15-5-2-6-16-34)30-46(42-27-26-39(43)47(41)48(40)42)38-21-11-19-32-17-9-10-20-37(32)38/h1-34H;1-30H. The molecule has 0 heterocycles. The van der Waals surface area contributed by atoms with Crippen molar-refractivity contribution < 1.29 is 0 Å². The number of hydrogen-bond acceptors (Lipinski definition) is 0. The van der Waals surface area contributed by atoms with E-state index < -0.39 is 0 Å². The van der Waals surface area contributed by atoms with Crippen LogP contribution in [0.2, 0.25) is 0 Å². The minimum atomic E-state index is 1.22. The fraction of sp³-hybridized carbons (Fsp3) is 0. The van der Waals surface area contributed by atoms with Gasteiger partial charge in [0.25, 0.3) is 0 Å². The first-order valence-corrected chi connectivity index (χ1v) is 35.4. The summed E-state index contributed by atoms with van der Waals surface area (Å²) in [6.45, 7) is 0. The third-order valence-corrected chi connectivity index (χ3v) is 21.6. The fourth-order valence-electron chi connectivity index (χ4n) is 16.8. The van der Waals surface area contributed by atoms with Crippen LogP contribution in [0.1, 0.15) is 0 Å². The average Bonchev–Trinajstić information content (AvgIpc) is 0.711. The van der Waals surface area contributed by atoms with E-state index in [9.17, 15) is 0 Å². The van der Waals surface area contributed by atoms with E-state index >= 15 is 0 Å². The zero-order valence-electron chi connectivity index (χ0n) is 56.0. The molecule has 21 rings (SSSR count). The fourth-order valence-corrected chi connectivity index (χ4v) is 16.8. The van der Waals surface area contributed by atoms with Crippen LogP contribution in [-0.4, -0.2) is 0 Å². The summed E-state index contributed by atoms with van der Waals surface area (Å²) >= 11 is 0. The van der Waals surface area contributed by atoms with Gasteiger partial charge in [-0.05, 0) is 250 Å². The van der Waals surface area contributed by atoms with E-state index in [0.29, 0.717) is 0 Å². The van der Waals surface area contributed by atoms with Gasteiger partial charge in [-0.25, -0.2) is 0 Å². The lowest BCUT2D eigenvalue weighted by Gasteiger charge is -2.22. The van der Waals surface area contributed by atoms with Gasteiger partial charge in [-0.3, -0.25) is 0 Å². The smallest absolute Gasteiger partial charge is 0.00139 e. The summed E-state index contributed by atoms with van der Waals surface area (Å²) < 4.78 is 0. The summed E-state index contributed by atoms with van der Waals surface area (Å²) in [6.07, 6.45) is 0. The molecule has 102 heavy (non-hydrogen) atoms. The summed E-state index contributed by atoms with van der Waals surface area (Å²) in [5, 5.41) is 25.6. The van der Waals surface area contributed by atoms with Gasteiger partial charge in [-0.1, -0.05) is 346 Å². The maximum atomic E-state index is 2.45. The molecule has 0 spiro atoms. The maximum absolute atomic E-state index is 2.45. The highest BCUT2D eigenvalue weighted by Gasteiger charge is 2.25. The summed E-state index contributed by atoms with van der Waals surface area (Å²) in [4.78, 5) is 0. The Bertz CT molecular complexity index is 6820. The van der Waals surface area contributed by atoms with Crippen LogP contribution < -0.4 is 0 Å². The SMILES string of the molecule is c1ccc(-c2cc(-c3ccc4ccccc4c3)c3ccc4c(-c5ccccc5)cc(-c5cccc6ccccc56)c5ccc2c3c45)cc1.c1ccc(-c2ccccc2-c2cc(-c3ccc4ccccc4c3)c3ccc4c(-c5ccccc5)cc(-c5ccc6ccccc6c5)c5ccc2c3c45)cc1. The monoisotopic (exact) mass is 1290 g/mol. The Hall–Kier alpha value is -13.3. The largest absolute Gasteiger partial charge is 0.0622 e. The topological polar surface area (TPSA) is 0 Å². The van der Waals surface area contributed by atoms with Gasteiger partial charge in [-0.15, -0.1) is 0 Å². The highest BCUT2D eigenvalue weighted by atomic mass is 14.3. The lowest BCUT2D eigenvalue weighted by molar-refractivity contribution is 1.60. The molecule has 0 bridgehead atoms. The Balaban J connectivity index is 0.000000138. The van der Waals surface area contributed by atoms with Crippen molar-refractivity contribution in [1.82, 2.24) is 0 Å². The molecule has 0 saturated heterocycles. The number of fused-ring (bicyclic) bond motifs is 4. The van der Waals surface area contributed by atoms with Crippen molar-refractivity contribution >= 4 is 108 Å². The third-order valence-electron chi connectivity index (χ3n) is 21.6. The van der Waals surface area contributed by atoms with E-state index in [1.165, 1.54) is 208 Å². The van der Waals surface area contributed by atoms with Crippen molar-refractivity contribution in [3.8, 4) is 100 Å². The lowest BCUT2D eigenvalue weighted by Crippen LogP contribution is -1.95. The van der Waals surface area contributed by atoms with Crippen molar-refractivity contribution in [2.45, 2.75) is 0 Å². The summed E-state index contributed by atoms with van der Waals surface area (Å²) in [5.74, 6) is 0. The first kappa shape index (κ1) is 58.9. The van der Waals surface area contributed by atoms with Crippen molar-refractivity contribution in [1.29, 1.82) is 0 Å². The quantitative estimate of drug-likeness (QED) is 0.126. The highest BCUT2D eigenvalue weighted by Crippen LogP contribution is 2.53. The van der Waals surface area contributed by atoms with Crippen LogP contribution in [0.15, 0.2) is 388 Å². The van der Waals surface area contributed by atoms with E-state index in [1.54, 1.807) is 0 Å². The van der Waals surface area contributed by atoms with Crippen LogP contribution in [0.4, 0.5) is 0 Å². The predicted octanol–water partition coefficient (Wildman–Crippen LogP) is 28.8. The second kappa shape index (κ2) is 24.3. The molecule has 0 heteroatoms. The van der Waals surface area contributed by atoms with Crippen LogP contribution in [0.3, 0.4) is 0 Å². The number of rotatable bonds is 9. The highest BCUT2D eigenvalue weighted by molar-refractivity contribution is 6.34. The summed E-state index contributed by atoms with van der Waals surface area (Å²) in [7, 11) is 0. The minimum Gasteiger partial charge on any atom is -0.0622 e. The molecule has 0 N–H and O–H groups in total. The molecule has 0 radical (unpaired) electrons. The van der Waals surface area contributed by atoms with Crippen LogP contribution in [0, 0.1) is 0 Å². The normalized spacial score (nSPS) is 11.7. The lowest BCUT2D eigenvalue weighted by atomic mass is 9.81. The molecule has 0 aliphatic rings. The number of hydrogen-bond donors (Lipinski definition) is 0. The van der Waals surface area contributed by atoms with Gasteiger partial charge < -0.3 is 0 Å². The Morgan fingerprint density at radius 2 is 0.343 bits per heavy atom. The first-order chi connectivity index (χ1) is 50.6. The van der Waals surface area contributed by atoms with Crippen molar-refractivity contribution in [2.75, 3.05) is 0 Å². The second-order valence-electron chi connectivity index (χ2n) is 27.3. The van der Waals surface area contributed by atoms with Gasteiger partial charge in [0.05, 0.1) is 0 Å². The Kier molecular flexibility index (Phi) is 14.0. The van der Waals surface area contributed by atoms with Gasteiger partial charge >= 0.3 is 0 Å². The summed E-state index contributed by atoms with van der Waals surface area (Å²) in [6, 6.07) is 143. The molecule has 0 amide bonds. The van der Waals surface area contributed by atoms with Crippen LogP contribution >= 0.6 is 0 Å². The van der Waals surface area contributed by atoms with Crippen LogP contribution in [0.5, 0.6) is 0 Å². The molecule has 472 valence electrons. The van der Waals surface area contributed by atoms with Gasteiger partial charge in [0.15, 0.2) is 0 Å². The molecule has 0 aliphatic carbocycles. The van der Waals surface area contributed by atoms with E-state index in [-0.39, 0.29) is 0 Å². The summed E-state index contributed by atoms with van der Waals surface area (Å²) in [5.41, 5.74) is 22.4. The van der Waals surface area contributed by atoms with Crippen molar-refractivity contribution in [3.63, 3.8) is 0 Å². The first-order valence-electron chi connectivity index (χ1n) is 35.4. The van der Waals surface area contributed by atoms with E-state index in [0.717, 1.165) is 0 Å². The van der Waals surface area contributed by atoms with Crippen molar-refractivity contribution in [2.24, 2.45) is 0 Å². The van der Waals surface area contributed by atoms with Gasteiger partial charge in [0.1, 0.15) is 0 Å². The maximum Gasteiger partial charge on any atom is -0.00139 e. The Labute approximate surface area is 592 Å². The molecule has 0 unspecified atom stereocenters. The van der Waals surface area contributed by atoms with E-state index in [4.69, 9.17) is 0 Å². The Morgan fingerprint density at radius 1 is 0.0980 bits per heavy atom. The third kappa shape index (κ3) is 9.83. The molecular formula is C102H64. The Morgan fingerprint density at radius 3 is 0.716 bits per heavy atom. The van der Waals surface area contributed by atoms with Gasteiger partial charge in [0, 0.05) is 0 Å². The number of benzene rings is 21. The van der Waals surface area contributed by atoms with Crippen LogP contribution in [-0.2, 0) is 0 Å². The predicted molar refractivity (Wildman–Crippen MR) is 439 cm³/mol. The van der Waals surface area contributed by atoms with Gasteiger partial charge in [0.2, 0.25) is 0 Å². The second-order valence-corrected chi connectivity index (χ2v) is 27.3. The molecule has 0 atom stereocenters. The van der Waals surface area contributed by atoms with Gasteiger partial charge in [-0.2, -0.15) is 0 Å². The molecule has 0 nitrogen and oxygen atoms in total. The van der Waals surface area contributed by atoms with Crippen molar-refractivity contribution in [3.05, 3.63) is 388 Å². The zero-order chi connectivity index (χ0) is 67.2. The van der Waals surface area contributed by atoms with E-state index in [2.05, 4.69) is 388 Å². The molecular weight excluding hydrogens is 1230 g/mol. The zero-order valence-corrected chi connectivity index (χ0v) is 56.0. The molecule has 0 fully saturated rings. The molecule has 21 aromatic rings. The molecule has 0 aromatic heterocycles. The molecule has 21 aromatic carbocycles. The molecule has 0 saturated carbocycles. The molecule has 0 aliphatic heterocycles.